The van der Waals surface area contributed by atoms with Crippen molar-refractivity contribution in [3.05, 3.63) is 47.8 Å². The molecular weight excluding hydrogens is 310 g/mol. The summed E-state index contributed by atoms with van der Waals surface area (Å²) in [6, 6.07) is 6.75. The zero-order valence-electron chi connectivity index (χ0n) is 14.0. The Balaban J connectivity index is 2.24. The first-order valence-electron chi connectivity index (χ1n) is 7.15. The molecule has 0 bridgehead atoms. The zero-order valence-corrected chi connectivity index (χ0v) is 14.0. The van der Waals surface area contributed by atoms with Crippen LogP contribution in [-0.4, -0.2) is 37.9 Å². The van der Waals surface area contributed by atoms with E-state index in [0.29, 0.717) is 28.5 Å². The molecule has 0 aliphatic heterocycles. The number of nitrogens with one attached hydrogen (secondary N) is 1. The Bertz CT molecular complexity index is 720. The number of carbonyl (C=O) groups is 1. The number of carbonyl (C=O) groups excluding carboxylic acids is 1. The molecule has 0 aliphatic carbocycles. The summed E-state index contributed by atoms with van der Waals surface area (Å²) < 4.78 is 15.7. The van der Waals surface area contributed by atoms with Gasteiger partial charge in [-0.2, -0.15) is 5.10 Å². The van der Waals surface area contributed by atoms with Crippen molar-refractivity contribution in [2.75, 3.05) is 21.3 Å². The highest BCUT2D eigenvalue weighted by Gasteiger charge is 2.16. The first kappa shape index (κ1) is 17.3. The SMILES string of the molecule is COc1cc(C(=O)N/N=C(\C)c2ccncc2)cc(OC)c1OC. The van der Waals surface area contributed by atoms with E-state index >= 15 is 0 Å². The Hall–Kier alpha value is -3.09. The molecular formula is C17H19N3O4. The molecule has 1 aromatic carbocycles. The number of hydrogen-bond donors (Lipinski definition) is 1. The maximum atomic E-state index is 12.3. The van der Waals surface area contributed by atoms with Crippen LogP contribution in [0.3, 0.4) is 0 Å². The van der Waals surface area contributed by atoms with E-state index in [2.05, 4.69) is 15.5 Å². The van der Waals surface area contributed by atoms with Crippen LogP contribution in [0.15, 0.2) is 41.8 Å². The van der Waals surface area contributed by atoms with Gasteiger partial charge in [-0.3, -0.25) is 9.78 Å². The minimum absolute atomic E-state index is 0.343. The molecule has 24 heavy (non-hydrogen) atoms. The molecule has 2 aromatic rings. The topological polar surface area (TPSA) is 82.0 Å². The van der Waals surface area contributed by atoms with Gasteiger partial charge in [-0.1, -0.05) is 0 Å². The number of hydrazone groups is 1. The lowest BCUT2D eigenvalue weighted by molar-refractivity contribution is 0.0954. The molecule has 7 heteroatoms. The van der Waals surface area contributed by atoms with Gasteiger partial charge in [0.1, 0.15) is 0 Å². The van der Waals surface area contributed by atoms with E-state index < -0.39 is 0 Å². The summed E-state index contributed by atoms with van der Waals surface area (Å²) in [5, 5.41) is 4.10. The van der Waals surface area contributed by atoms with Crippen LogP contribution in [0.25, 0.3) is 0 Å². The number of pyridine rings is 1. The smallest absolute Gasteiger partial charge is 0.271 e. The predicted octanol–water partition coefficient (Wildman–Crippen LogP) is 2.26. The zero-order chi connectivity index (χ0) is 17.5. The molecule has 1 amide bonds. The van der Waals surface area contributed by atoms with Crippen molar-refractivity contribution in [3.63, 3.8) is 0 Å². The number of hydrogen-bond acceptors (Lipinski definition) is 6. The Labute approximate surface area is 140 Å². The molecule has 2 rings (SSSR count). The van der Waals surface area contributed by atoms with Crippen LogP contribution in [0, 0.1) is 0 Å². The average Bonchev–Trinajstić information content (AvgIpc) is 2.65. The number of amides is 1. The fourth-order valence-corrected chi connectivity index (χ4v) is 2.07. The molecule has 0 fully saturated rings. The molecule has 1 aromatic heterocycles. The molecule has 7 nitrogen and oxygen atoms in total. The van der Waals surface area contributed by atoms with E-state index in [1.54, 1.807) is 31.5 Å². The number of methoxy groups -OCH3 is 3. The van der Waals surface area contributed by atoms with Crippen molar-refractivity contribution >= 4 is 11.6 Å². The normalized spacial score (nSPS) is 10.9. The number of ether oxygens (including phenoxy) is 3. The van der Waals surface area contributed by atoms with Crippen molar-refractivity contribution in [2.24, 2.45) is 5.10 Å². The largest absolute Gasteiger partial charge is 0.493 e. The van der Waals surface area contributed by atoms with Gasteiger partial charge in [-0.05, 0) is 31.2 Å². The number of nitrogens with zero attached hydrogens (tertiary/aromatic N) is 2. The highest BCUT2D eigenvalue weighted by atomic mass is 16.5. The summed E-state index contributed by atoms with van der Waals surface area (Å²) in [6.45, 7) is 1.80. The quantitative estimate of drug-likeness (QED) is 0.649. The predicted molar refractivity (Wildman–Crippen MR) is 90.0 cm³/mol. The van der Waals surface area contributed by atoms with Crippen molar-refractivity contribution in [1.29, 1.82) is 0 Å². The van der Waals surface area contributed by atoms with E-state index in [0.717, 1.165) is 5.56 Å². The fourth-order valence-electron chi connectivity index (χ4n) is 2.07. The van der Waals surface area contributed by atoms with Crippen LogP contribution >= 0.6 is 0 Å². The first-order chi connectivity index (χ1) is 11.6. The van der Waals surface area contributed by atoms with Gasteiger partial charge in [0.15, 0.2) is 11.5 Å². The van der Waals surface area contributed by atoms with Crippen LogP contribution in [0.4, 0.5) is 0 Å². The molecule has 0 unspecified atom stereocenters. The lowest BCUT2D eigenvalue weighted by Crippen LogP contribution is -2.19. The Kier molecular flexibility index (Phi) is 5.73. The van der Waals surface area contributed by atoms with Crippen LogP contribution in [0.1, 0.15) is 22.8 Å². The van der Waals surface area contributed by atoms with Gasteiger partial charge in [0.05, 0.1) is 27.0 Å². The van der Waals surface area contributed by atoms with Gasteiger partial charge in [0.25, 0.3) is 5.91 Å². The van der Waals surface area contributed by atoms with Gasteiger partial charge in [-0.25, -0.2) is 5.43 Å². The minimum Gasteiger partial charge on any atom is -0.493 e. The molecule has 0 atom stereocenters. The second kappa shape index (κ2) is 7.96. The molecule has 0 aliphatic rings. The second-order valence-corrected chi connectivity index (χ2v) is 4.79. The second-order valence-electron chi connectivity index (χ2n) is 4.79. The van der Waals surface area contributed by atoms with Crippen LogP contribution in [-0.2, 0) is 0 Å². The highest BCUT2D eigenvalue weighted by Crippen LogP contribution is 2.38. The summed E-state index contributed by atoms with van der Waals surface area (Å²) >= 11 is 0. The van der Waals surface area contributed by atoms with E-state index in [-0.39, 0.29) is 5.91 Å². The molecule has 0 saturated heterocycles. The van der Waals surface area contributed by atoms with Crippen LogP contribution in [0.2, 0.25) is 0 Å². The van der Waals surface area contributed by atoms with Gasteiger partial charge in [0, 0.05) is 23.5 Å². The standard InChI is InChI=1S/C17H19N3O4/c1-11(12-5-7-18-8-6-12)19-20-17(21)13-9-14(22-2)16(24-4)15(10-13)23-3/h5-10H,1-4H3,(H,20,21)/b19-11+. The fraction of sp³-hybridized carbons (Fsp3) is 0.235. The number of aromatic nitrogens is 1. The molecule has 0 saturated carbocycles. The van der Waals surface area contributed by atoms with Crippen molar-refractivity contribution in [1.82, 2.24) is 10.4 Å². The third-order valence-corrected chi connectivity index (χ3v) is 3.35. The van der Waals surface area contributed by atoms with Crippen molar-refractivity contribution < 1.29 is 19.0 Å². The molecule has 0 spiro atoms. The van der Waals surface area contributed by atoms with Crippen molar-refractivity contribution in [3.8, 4) is 17.2 Å². The summed E-state index contributed by atoms with van der Waals surface area (Å²) in [5.74, 6) is 0.837. The molecule has 0 radical (unpaired) electrons. The molecule has 1 N–H and O–H groups in total. The summed E-state index contributed by atoms with van der Waals surface area (Å²) in [6.07, 6.45) is 3.32. The van der Waals surface area contributed by atoms with Crippen LogP contribution in [0.5, 0.6) is 17.2 Å². The maximum absolute atomic E-state index is 12.3. The minimum atomic E-state index is -0.386. The maximum Gasteiger partial charge on any atom is 0.271 e. The Morgan fingerprint density at radius 2 is 1.58 bits per heavy atom. The third-order valence-electron chi connectivity index (χ3n) is 3.35. The molecule has 1 heterocycles. The van der Waals surface area contributed by atoms with Gasteiger partial charge in [0.2, 0.25) is 5.75 Å². The Morgan fingerprint density at radius 3 is 2.08 bits per heavy atom. The third kappa shape index (κ3) is 3.81. The highest BCUT2D eigenvalue weighted by molar-refractivity contribution is 6.01. The van der Waals surface area contributed by atoms with Crippen molar-refractivity contribution in [2.45, 2.75) is 6.92 Å². The number of rotatable bonds is 6. The summed E-state index contributed by atoms with van der Waals surface area (Å²) in [4.78, 5) is 16.3. The number of benzene rings is 1. The van der Waals surface area contributed by atoms with Gasteiger partial charge < -0.3 is 14.2 Å². The molecule has 126 valence electrons. The summed E-state index contributed by atoms with van der Waals surface area (Å²) in [7, 11) is 4.48. The van der Waals surface area contributed by atoms with E-state index in [1.807, 2.05) is 12.1 Å². The van der Waals surface area contributed by atoms with E-state index in [9.17, 15) is 4.79 Å². The Morgan fingerprint density at radius 1 is 1.00 bits per heavy atom. The van der Waals surface area contributed by atoms with E-state index in [1.165, 1.54) is 21.3 Å². The van der Waals surface area contributed by atoms with Gasteiger partial charge in [-0.15, -0.1) is 0 Å². The lowest BCUT2D eigenvalue weighted by Gasteiger charge is -2.13. The van der Waals surface area contributed by atoms with Crippen LogP contribution < -0.4 is 19.6 Å². The van der Waals surface area contributed by atoms with E-state index in [4.69, 9.17) is 14.2 Å². The average molecular weight is 329 g/mol. The first-order valence-corrected chi connectivity index (χ1v) is 7.15. The summed E-state index contributed by atoms with van der Waals surface area (Å²) in [5.41, 5.74) is 4.39. The lowest BCUT2D eigenvalue weighted by atomic mass is 10.1. The monoisotopic (exact) mass is 329 g/mol. The van der Waals surface area contributed by atoms with Gasteiger partial charge >= 0.3 is 0 Å².